The smallest absolute Gasteiger partial charge is 0.338 e. The van der Waals surface area contributed by atoms with Gasteiger partial charge in [0.05, 0.1) is 12.7 Å². The van der Waals surface area contributed by atoms with Crippen molar-refractivity contribution < 1.29 is 24.5 Å². The molecule has 0 aliphatic carbocycles. The van der Waals surface area contributed by atoms with E-state index in [0.717, 1.165) is 4.88 Å². The van der Waals surface area contributed by atoms with Crippen molar-refractivity contribution in [1.29, 1.82) is 0 Å². The van der Waals surface area contributed by atoms with Crippen LogP contribution in [0.15, 0.2) is 24.3 Å². The van der Waals surface area contributed by atoms with Crippen LogP contribution in [0.3, 0.4) is 0 Å². The summed E-state index contributed by atoms with van der Waals surface area (Å²) < 4.78 is 4.89. The van der Waals surface area contributed by atoms with E-state index in [1.165, 1.54) is 42.7 Å². The molecule has 0 saturated heterocycles. The van der Waals surface area contributed by atoms with Gasteiger partial charge in [-0.1, -0.05) is 0 Å². The Bertz CT molecular complexity index is 707. The maximum absolute atomic E-state index is 12.1. The molecule has 0 bridgehead atoms. The molecule has 1 aromatic carbocycles. The van der Waals surface area contributed by atoms with E-state index < -0.39 is 11.9 Å². The third-order valence-corrected chi connectivity index (χ3v) is 3.72. The van der Waals surface area contributed by atoms with Crippen LogP contribution in [0.5, 0.6) is 11.5 Å². The summed E-state index contributed by atoms with van der Waals surface area (Å²) in [6.07, 6.45) is 0. The minimum absolute atomic E-state index is 0.0450. The van der Waals surface area contributed by atoms with Crippen LogP contribution in [0.1, 0.15) is 25.6 Å². The first-order chi connectivity index (χ1) is 9.92. The van der Waals surface area contributed by atoms with Gasteiger partial charge in [0.25, 0.3) is 5.91 Å². The van der Waals surface area contributed by atoms with Gasteiger partial charge in [-0.2, -0.15) is 0 Å². The molecule has 1 amide bonds. The molecule has 110 valence electrons. The second-order valence-electron chi connectivity index (χ2n) is 4.25. The van der Waals surface area contributed by atoms with Crippen molar-refractivity contribution >= 4 is 28.2 Å². The summed E-state index contributed by atoms with van der Waals surface area (Å²) in [7, 11) is 1.41. The lowest BCUT2D eigenvalue weighted by Crippen LogP contribution is -2.13. The molecule has 0 aliphatic rings. The number of ether oxygens (including phenoxy) is 1. The number of phenolic OH excluding ortho intramolecular Hbond substituents is 1. The van der Waals surface area contributed by atoms with E-state index in [-0.39, 0.29) is 27.6 Å². The predicted molar refractivity (Wildman–Crippen MR) is 78.6 cm³/mol. The van der Waals surface area contributed by atoms with Crippen LogP contribution in [-0.4, -0.2) is 29.2 Å². The first-order valence-corrected chi connectivity index (χ1v) is 6.76. The van der Waals surface area contributed by atoms with Crippen molar-refractivity contribution in [3.05, 3.63) is 40.3 Å². The van der Waals surface area contributed by atoms with Gasteiger partial charge in [-0.15, -0.1) is 11.3 Å². The van der Waals surface area contributed by atoms with Crippen LogP contribution in [0.25, 0.3) is 0 Å². The van der Waals surface area contributed by atoms with Crippen molar-refractivity contribution in [2.75, 3.05) is 12.4 Å². The van der Waals surface area contributed by atoms with Gasteiger partial charge in [-0.05, 0) is 31.2 Å². The van der Waals surface area contributed by atoms with Gasteiger partial charge in [0.2, 0.25) is 0 Å². The van der Waals surface area contributed by atoms with Crippen LogP contribution in [-0.2, 0) is 0 Å². The van der Waals surface area contributed by atoms with Crippen molar-refractivity contribution in [2.45, 2.75) is 6.92 Å². The normalized spacial score (nSPS) is 10.2. The summed E-state index contributed by atoms with van der Waals surface area (Å²) in [4.78, 5) is 24.0. The highest BCUT2D eigenvalue weighted by molar-refractivity contribution is 7.16. The van der Waals surface area contributed by atoms with Gasteiger partial charge in [-0.3, -0.25) is 4.79 Å². The van der Waals surface area contributed by atoms with Gasteiger partial charge in [0.1, 0.15) is 5.00 Å². The first-order valence-electron chi connectivity index (χ1n) is 5.94. The number of hydrogen-bond donors (Lipinski definition) is 3. The van der Waals surface area contributed by atoms with Gasteiger partial charge < -0.3 is 20.3 Å². The average Bonchev–Trinajstić information content (AvgIpc) is 2.79. The van der Waals surface area contributed by atoms with Gasteiger partial charge >= 0.3 is 5.97 Å². The Morgan fingerprint density at radius 3 is 2.57 bits per heavy atom. The van der Waals surface area contributed by atoms with E-state index in [0.29, 0.717) is 0 Å². The van der Waals surface area contributed by atoms with Gasteiger partial charge in [-0.25, -0.2) is 4.79 Å². The number of carbonyl (C=O) groups is 2. The quantitative estimate of drug-likeness (QED) is 0.807. The largest absolute Gasteiger partial charge is 0.504 e. The molecule has 0 aliphatic heterocycles. The van der Waals surface area contributed by atoms with Crippen LogP contribution in [0.4, 0.5) is 5.00 Å². The minimum Gasteiger partial charge on any atom is -0.504 e. The number of benzene rings is 1. The second kappa shape index (κ2) is 5.84. The van der Waals surface area contributed by atoms with Crippen molar-refractivity contribution in [3.8, 4) is 11.5 Å². The fourth-order valence-corrected chi connectivity index (χ4v) is 2.67. The topological polar surface area (TPSA) is 95.9 Å². The highest BCUT2D eigenvalue weighted by Crippen LogP contribution is 2.30. The Kier molecular flexibility index (Phi) is 4.13. The number of nitrogens with one attached hydrogen (secondary N) is 1. The lowest BCUT2D eigenvalue weighted by Gasteiger charge is -2.07. The second-order valence-corrected chi connectivity index (χ2v) is 5.50. The number of rotatable bonds is 4. The lowest BCUT2D eigenvalue weighted by atomic mass is 10.2. The molecule has 2 aromatic rings. The number of aromatic carboxylic acids is 1. The van der Waals surface area contributed by atoms with E-state index in [1.54, 1.807) is 6.92 Å². The minimum atomic E-state index is -1.10. The molecule has 1 heterocycles. The van der Waals surface area contributed by atoms with Gasteiger partial charge in [0, 0.05) is 10.4 Å². The molecule has 6 nitrogen and oxygen atoms in total. The molecule has 3 N–H and O–H groups in total. The number of phenols is 1. The van der Waals surface area contributed by atoms with Crippen LogP contribution >= 0.6 is 11.3 Å². The Labute approximate surface area is 124 Å². The van der Waals surface area contributed by atoms with Gasteiger partial charge in [0.15, 0.2) is 11.5 Å². The van der Waals surface area contributed by atoms with Crippen molar-refractivity contribution in [1.82, 2.24) is 0 Å². The molecule has 7 heteroatoms. The fraction of sp³-hybridized carbons (Fsp3) is 0.143. The number of carboxylic acids is 1. The summed E-state index contributed by atoms with van der Waals surface area (Å²) in [5.74, 6) is -1.51. The monoisotopic (exact) mass is 307 g/mol. The zero-order chi connectivity index (χ0) is 15.6. The van der Waals surface area contributed by atoms with E-state index in [1.807, 2.05) is 0 Å². The average molecular weight is 307 g/mol. The fourth-order valence-electron chi connectivity index (χ4n) is 1.77. The standard InChI is InChI=1S/C14H13NO5S/c1-7-5-9(14(18)19)13(21-7)15-12(17)8-3-4-11(20-2)10(16)6-8/h3-6,16H,1-2H3,(H,15,17)(H,18,19). The molecule has 0 saturated carbocycles. The Morgan fingerprint density at radius 1 is 1.29 bits per heavy atom. The molecular weight excluding hydrogens is 294 g/mol. The number of aromatic hydroxyl groups is 1. The van der Waals surface area contributed by atoms with E-state index in [4.69, 9.17) is 9.84 Å². The first kappa shape index (κ1) is 14.9. The molecule has 0 fully saturated rings. The number of aryl methyl sites for hydroxylation is 1. The Hall–Kier alpha value is -2.54. The summed E-state index contributed by atoms with van der Waals surface area (Å²) in [6, 6.07) is 5.69. The molecule has 0 spiro atoms. The third kappa shape index (κ3) is 3.14. The summed E-state index contributed by atoms with van der Waals surface area (Å²) in [5, 5.41) is 21.5. The molecule has 0 unspecified atom stereocenters. The Morgan fingerprint density at radius 2 is 2.00 bits per heavy atom. The molecule has 0 atom stereocenters. The van der Waals surface area contributed by atoms with E-state index >= 15 is 0 Å². The molecule has 0 radical (unpaired) electrons. The van der Waals surface area contributed by atoms with Crippen LogP contribution in [0.2, 0.25) is 0 Å². The number of carbonyl (C=O) groups excluding carboxylic acids is 1. The number of methoxy groups -OCH3 is 1. The molecule has 2 rings (SSSR count). The van der Waals surface area contributed by atoms with Crippen molar-refractivity contribution in [2.24, 2.45) is 0 Å². The van der Waals surface area contributed by atoms with Crippen LogP contribution < -0.4 is 10.1 Å². The van der Waals surface area contributed by atoms with Crippen molar-refractivity contribution in [3.63, 3.8) is 0 Å². The summed E-state index contributed by atoms with van der Waals surface area (Å²) in [6.45, 7) is 1.76. The molecule has 1 aromatic heterocycles. The van der Waals surface area contributed by atoms with Crippen LogP contribution in [0, 0.1) is 6.92 Å². The Balaban J connectivity index is 2.26. The number of carboxylic acid groups (broad SMARTS) is 1. The summed E-state index contributed by atoms with van der Waals surface area (Å²) >= 11 is 1.18. The lowest BCUT2D eigenvalue weighted by molar-refractivity contribution is 0.0698. The number of amides is 1. The number of anilines is 1. The number of thiophene rings is 1. The zero-order valence-corrected chi connectivity index (χ0v) is 12.2. The predicted octanol–water partition coefficient (Wildman–Crippen LogP) is 2.72. The third-order valence-electron chi connectivity index (χ3n) is 2.75. The molecular formula is C14H13NO5S. The number of hydrogen-bond acceptors (Lipinski definition) is 5. The molecule has 21 heavy (non-hydrogen) atoms. The maximum atomic E-state index is 12.1. The van der Waals surface area contributed by atoms with E-state index in [9.17, 15) is 14.7 Å². The SMILES string of the molecule is COc1ccc(C(=O)Nc2sc(C)cc2C(=O)O)cc1O. The highest BCUT2D eigenvalue weighted by Gasteiger charge is 2.17. The summed E-state index contributed by atoms with van der Waals surface area (Å²) in [5.41, 5.74) is 0.249. The van der Waals surface area contributed by atoms with E-state index in [2.05, 4.69) is 5.32 Å². The zero-order valence-electron chi connectivity index (χ0n) is 11.3. The highest BCUT2D eigenvalue weighted by atomic mass is 32.1. The maximum Gasteiger partial charge on any atom is 0.338 e.